The van der Waals surface area contributed by atoms with Crippen molar-refractivity contribution in [2.75, 3.05) is 26.8 Å². The van der Waals surface area contributed by atoms with Gasteiger partial charge < -0.3 is 24.0 Å². The molecule has 0 aliphatic heterocycles. The highest BCUT2D eigenvalue weighted by molar-refractivity contribution is 7.40. The van der Waals surface area contributed by atoms with Crippen LogP contribution in [0.1, 0.15) is 142 Å². The molecule has 0 aromatic heterocycles. The van der Waals surface area contributed by atoms with Crippen LogP contribution in [-0.2, 0) is 18.6 Å². The van der Waals surface area contributed by atoms with E-state index in [1.807, 2.05) is 7.05 Å². The van der Waals surface area contributed by atoms with Crippen molar-refractivity contribution in [3.63, 3.8) is 0 Å². The molecular formula is C28H58NO5P. The maximum atomic E-state index is 11.4. The van der Waals surface area contributed by atoms with Crippen LogP contribution in [0.5, 0.6) is 0 Å². The molecule has 2 unspecified atom stereocenters. The van der Waals surface area contributed by atoms with Gasteiger partial charge in [0.1, 0.15) is 6.10 Å². The van der Waals surface area contributed by atoms with Gasteiger partial charge in [0, 0.05) is 6.92 Å². The highest BCUT2D eigenvalue weighted by atomic mass is 31.2. The Morgan fingerprint density at radius 2 is 1.23 bits per heavy atom. The Hall–Kier alpha value is -0.260. The highest BCUT2D eigenvalue weighted by Gasteiger charge is 2.16. The fraction of sp³-hybridized carbons (Fsp3) is 0.964. The van der Waals surface area contributed by atoms with Crippen molar-refractivity contribution < 1.29 is 23.5 Å². The third-order valence-corrected chi connectivity index (χ3v) is 7.13. The second-order valence-corrected chi connectivity index (χ2v) is 10.8. The van der Waals surface area contributed by atoms with Crippen LogP contribution in [-0.4, -0.2) is 43.8 Å². The Morgan fingerprint density at radius 3 is 1.69 bits per heavy atom. The quantitative estimate of drug-likeness (QED) is 0.0616. The topological polar surface area (TPSA) is 77.0 Å². The molecule has 0 fully saturated rings. The van der Waals surface area contributed by atoms with Gasteiger partial charge in [0.05, 0.1) is 13.2 Å². The SMILES string of the molecule is CCCCCCCCCCCCCCCCCCCC(COP(O)OCCCCNC)OC(C)=O. The molecule has 7 heteroatoms. The van der Waals surface area contributed by atoms with Gasteiger partial charge in [0.2, 0.25) is 0 Å². The van der Waals surface area contributed by atoms with Gasteiger partial charge in [-0.15, -0.1) is 0 Å². The molecule has 0 saturated carbocycles. The Bertz CT molecular complexity index is 442. The summed E-state index contributed by atoms with van der Waals surface area (Å²) in [5, 5.41) is 3.08. The van der Waals surface area contributed by atoms with E-state index in [-0.39, 0.29) is 18.7 Å². The van der Waals surface area contributed by atoms with Gasteiger partial charge in [-0.1, -0.05) is 110 Å². The number of carbonyl (C=O) groups excluding carboxylic acids is 1. The molecule has 0 aromatic carbocycles. The molecule has 35 heavy (non-hydrogen) atoms. The lowest BCUT2D eigenvalue weighted by Crippen LogP contribution is -2.21. The van der Waals surface area contributed by atoms with Crippen LogP contribution in [0.3, 0.4) is 0 Å². The van der Waals surface area contributed by atoms with Gasteiger partial charge in [-0.3, -0.25) is 4.79 Å². The molecule has 0 rings (SSSR count). The lowest BCUT2D eigenvalue weighted by molar-refractivity contribution is -0.148. The maximum Gasteiger partial charge on any atom is 0.329 e. The van der Waals surface area contributed by atoms with E-state index in [2.05, 4.69) is 12.2 Å². The zero-order valence-electron chi connectivity index (χ0n) is 23.4. The number of unbranched alkanes of at least 4 members (excludes halogenated alkanes) is 17. The van der Waals surface area contributed by atoms with Crippen LogP contribution >= 0.6 is 8.60 Å². The van der Waals surface area contributed by atoms with Crippen molar-refractivity contribution in [2.24, 2.45) is 0 Å². The zero-order valence-corrected chi connectivity index (χ0v) is 24.3. The van der Waals surface area contributed by atoms with Gasteiger partial charge in [-0.05, 0) is 39.3 Å². The minimum absolute atomic E-state index is 0.192. The van der Waals surface area contributed by atoms with Crippen molar-refractivity contribution in [1.82, 2.24) is 5.32 Å². The molecule has 6 nitrogen and oxygen atoms in total. The summed E-state index contributed by atoms with van der Waals surface area (Å²) in [5.74, 6) is -0.305. The van der Waals surface area contributed by atoms with Crippen molar-refractivity contribution in [1.29, 1.82) is 0 Å². The normalized spacial score (nSPS) is 13.1. The average molecular weight is 520 g/mol. The third-order valence-electron chi connectivity index (χ3n) is 6.36. The van der Waals surface area contributed by atoms with Crippen molar-refractivity contribution in [2.45, 2.75) is 148 Å². The first-order valence-corrected chi connectivity index (χ1v) is 15.8. The molecule has 0 amide bonds. The maximum absolute atomic E-state index is 11.4. The molecule has 2 atom stereocenters. The van der Waals surface area contributed by atoms with Crippen molar-refractivity contribution >= 4 is 14.6 Å². The Kier molecular flexibility index (Phi) is 28.1. The average Bonchev–Trinajstić information content (AvgIpc) is 2.83. The number of carbonyl (C=O) groups is 1. The Labute approximate surface area is 218 Å². The standard InChI is InChI=1S/C28H58NO5P/c1-4-5-6-7-8-9-10-11-12-13-14-15-16-17-18-19-20-23-28(34-27(2)30)26-33-35(31)32-25-22-21-24-29-3/h28-29,31H,4-26H2,1-3H3. The van der Waals surface area contributed by atoms with E-state index in [0.29, 0.717) is 6.61 Å². The largest absolute Gasteiger partial charge is 0.460 e. The van der Waals surface area contributed by atoms with E-state index < -0.39 is 8.60 Å². The Balaban J connectivity index is 3.56. The molecule has 0 heterocycles. The van der Waals surface area contributed by atoms with E-state index in [1.54, 1.807) is 0 Å². The first-order chi connectivity index (χ1) is 17.1. The number of esters is 1. The van der Waals surface area contributed by atoms with Crippen LogP contribution in [0, 0.1) is 0 Å². The molecule has 0 bridgehead atoms. The van der Waals surface area contributed by atoms with Crippen molar-refractivity contribution in [3.8, 4) is 0 Å². The number of rotatable bonds is 28. The predicted octanol–water partition coefficient (Wildman–Crippen LogP) is 8.21. The Morgan fingerprint density at radius 1 is 0.743 bits per heavy atom. The first kappa shape index (κ1) is 34.7. The second kappa shape index (κ2) is 28.3. The summed E-state index contributed by atoms with van der Waals surface area (Å²) in [6.45, 7) is 5.29. The lowest BCUT2D eigenvalue weighted by Gasteiger charge is -2.18. The molecule has 0 spiro atoms. The van der Waals surface area contributed by atoms with Gasteiger partial charge in [-0.25, -0.2) is 0 Å². The summed E-state index contributed by atoms with van der Waals surface area (Å²) in [5.41, 5.74) is 0. The number of nitrogens with one attached hydrogen (secondary N) is 1. The van der Waals surface area contributed by atoms with Crippen LogP contribution < -0.4 is 5.32 Å². The molecule has 2 N–H and O–H groups in total. The van der Waals surface area contributed by atoms with Gasteiger partial charge in [0.25, 0.3) is 0 Å². The minimum atomic E-state index is -1.91. The van der Waals surface area contributed by atoms with Crippen LogP contribution in [0.15, 0.2) is 0 Å². The summed E-state index contributed by atoms with van der Waals surface area (Å²) in [4.78, 5) is 21.3. The van der Waals surface area contributed by atoms with E-state index in [4.69, 9.17) is 13.8 Å². The predicted molar refractivity (Wildman–Crippen MR) is 149 cm³/mol. The number of hydrogen-bond donors (Lipinski definition) is 2. The van der Waals surface area contributed by atoms with Crippen LogP contribution in [0.4, 0.5) is 0 Å². The summed E-state index contributed by atoms with van der Waals surface area (Å²) >= 11 is 0. The zero-order chi connectivity index (χ0) is 25.8. The van der Waals surface area contributed by atoms with E-state index in [1.165, 1.54) is 103 Å². The summed E-state index contributed by atoms with van der Waals surface area (Å²) in [6.07, 6.45) is 25.2. The highest BCUT2D eigenvalue weighted by Crippen LogP contribution is 2.33. The van der Waals surface area contributed by atoms with E-state index in [0.717, 1.165) is 38.6 Å². The van der Waals surface area contributed by atoms with E-state index >= 15 is 0 Å². The molecule has 0 radical (unpaired) electrons. The van der Waals surface area contributed by atoms with Crippen molar-refractivity contribution in [3.05, 3.63) is 0 Å². The minimum Gasteiger partial charge on any atom is -0.460 e. The first-order valence-electron chi connectivity index (χ1n) is 14.7. The number of hydrogen-bond acceptors (Lipinski definition) is 6. The van der Waals surface area contributed by atoms with Gasteiger partial charge >= 0.3 is 14.6 Å². The molecule has 0 aromatic rings. The molecule has 210 valence electrons. The lowest BCUT2D eigenvalue weighted by atomic mass is 10.0. The van der Waals surface area contributed by atoms with Gasteiger partial charge in [0.15, 0.2) is 0 Å². The molecule has 0 aliphatic rings. The fourth-order valence-electron chi connectivity index (χ4n) is 4.24. The third kappa shape index (κ3) is 28.2. The smallest absolute Gasteiger partial charge is 0.329 e. The van der Waals surface area contributed by atoms with Crippen LogP contribution in [0.2, 0.25) is 0 Å². The second-order valence-electron chi connectivity index (χ2n) is 9.85. The molecule has 0 aliphatic carbocycles. The van der Waals surface area contributed by atoms with Crippen LogP contribution in [0.25, 0.3) is 0 Å². The summed E-state index contributed by atoms with van der Waals surface area (Å²) < 4.78 is 16.1. The summed E-state index contributed by atoms with van der Waals surface area (Å²) in [7, 11) is 0.00400. The monoisotopic (exact) mass is 519 g/mol. The molecule has 0 saturated heterocycles. The molecular weight excluding hydrogens is 461 g/mol. The van der Waals surface area contributed by atoms with E-state index in [9.17, 15) is 9.69 Å². The summed E-state index contributed by atoms with van der Waals surface area (Å²) in [6, 6.07) is 0. The van der Waals surface area contributed by atoms with Gasteiger partial charge in [-0.2, -0.15) is 0 Å². The number of ether oxygens (including phenoxy) is 1. The fourth-order valence-corrected chi connectivity index (χ4v) is 4.89.